The summed E-state index contributed by atoms with van der Waals surface area (Å²) >= 11 is 0. The van der Waals surface area contributed by atoms with Gasteiger partial charge >= 0.3 is 0 Å². The van der Waals surface area contributed by atoms with Gasteiger partial charge in [0.25, 0.3) is 0 Å². The van der Waals surface area contributed by atoms with Gasteiger partial charge in [-0.15, -0.1) is 6.58 Å². The fraction of sp³-hybridized carbons (Fsp3) is 0.471. The first-order valence-corrected chi connectivity index (χ1v) is 8.07. The molecule has 3 aliphatic rings. The molecular weight excluding hydrogens is 290 g/mol. The topological polar surface area (TPSA) is 64.7 Å². The standard InChI is InChI=1S/C17H21N5O/c1-3-8-22-11-13(10-19-22)20-16(23)15-12-4-6-17(15,9-12)14-5-7-18-21(14)2/h3,5,7,10-12,15H,1,4,6,8-9H2,2H3,(H,20,23). The van der Waals surface area contributed by atoms with Crippen molar-refractivity contribution in [3.63, 3.8) is 0 Å². The van der Waals surface area contributed by atoms with E-state index in [2.05, 4.69) is 28.2 Å². The van der Waals surface area contributed by atoms with E-state index in [1.807, 2.05) is 24.1 Å². The van der Waals surface area contributed by atoms with Gasteiger partial charge in [0.15, 0.2) is 0 Å². The van der Waals surface area contributed by atoms with E-state index in [1.165, 1.54) is 5.69 Å². The third kappa shape index (κ3) is 2.04. The second-order valence-electron chi connectivity index (χ2n) is 6.71. The third-order valence-corrected chi connectivity index (χ3v) is 5.48. The Morgan fingerprint density at radius 2 is 2.43 bits per heavy atom. The van der Waals surface area contributed by atoms with Crippen LogP contribution in [0.4, 0.5) is 5.69 Å². The van der Waals surface area contributed by atoms with Gasteiger partial charge in [-0.2, -0.15) is 10.2 Å². The number of rotatable bonds is 5. The van der Waals surface area contributed by atoms with Crippen LogP contribution in [0.25, 0.3) is 0 Å². The SMILES string of the molecule is C=CCn1cc(NC(=O)C2C3CCC2(c2ccnn2C)C3)cn1. The Balaban J connectivity index is 1.54. The Kier molecular flexibility index (Phi) is 3.14. The van der Waals surface area contributed by atoms with Crippen LogP contribution in [0.3, 0.4) is 0 Å². The molecule has 3 atom stereocenters. The molecule has 6 heteroatoms. The molecule has 2 aromatic rings. The number of anilines is 1. The average molecular weight is 311 g/mol. The second kappa shape index (κ2) is 5.08. The van der Waals surface area contributed by atoms with Crippen LogP contribution in [-0.2, 0) is 23.8 Å². The summed E-state index contributed by atoms with van der Waals surface area (Å²) in [6.45, 7) is 4.33. The minimum Gasteiger partial charge on any atom is -0.323 e. The predicted molar refractivity (Wildman–Crippen MR) is 86.8 cm³/mol. The zero-order chi connectivity index (χ0) is 16.0. The molecule has 0 saturated heterocycles. The van der Waals surface area contributed by atoms with Crippen molar-refractivity contribution in [3.05, 3.63) is 43.0 Å². The highest BCUT2D eigenvalue weighted by molar-refractivity contribution is 5.94. The highest BCUT2D eigenvalue weighted by Crippen LogP contribution is 2.64. The maximum Gasteiger partial charge on any atom is 0.228 e. The number of hydrogen-bond donors (Lipinski definition) is 1. The molecule has 0 spiro atoms. The smallest absolute Gasteiger partial charge is 0.228 e. The number of amides is 1. The zero-order valence-electron chi connectivity index (χ0n) is 13.3. The van der Waals surface area contributed by atoms with Crippen LogP contribution in [0.2, 0.25) is 0 Å². The van der Waals surface area contributed by atoms with E-state index >= 15 is 0 Å². The van der Waals surface area contributed by atoms with E-state index in [1.54, 1.807) is 17.0 Å². The number of nitrogens with zero attached hydrogens (tertiary/aromatic N) is 4. The summed E-state index contributed by atoms with van der Waals surface area (Å²) in [5.41, 5.74) is 1.91. The molecule has 3 fully saturated rings. The zero-order valence-corrected chi connectivity index (χ0v) is 13.3. The highest BCUT2D eigenvalue weighted by Gasteiger charge is 2.63. The summed E-state index contributed by atoms with van der Waals surface area (Å²) in [5.74, 6) is 0.645. The first-order chi connectivity index (χ1) is 11.1. The van der Waals surface area contributed by atoms with Crippen molar-refractivity contribution in [1.29, 1.82) is 0 Å². The van der Waals surface area contributed by atoms with E-state index in [4.69, 9.17) is 0 Å². The summed E-state index contributed by atoms with van der Waals surface area (Å²) in [5, 5.41) is 11.6. The molecule has 0 radical (unpaired) electrons. The largest absolute Gasteiger partial charge is 0.323 e. The number of aromatic nitrogens is 4. The van der Waals surface area contributed by atoms with E-state index in [0.29, 0.717) is 12.5 Å². The Hall–Kier alpha value is -2.37. The van der Waals surface area contributed by atoms with Crippen LogP contribution in [0.1, 0.15) is 25.0 Å². The minimum atomic E-state index is -0.0306. The quantitative estimate of drug-likeness (QED) is 0.860. The summed E-state index contributed by atoms with van der Waals surface area (Å²) in [4.78, 5) is 12.8. The maximum absolute atomic E-state index is 12.8. The lowest BCUT2D eigenvalue weighted by Gasteiger charge is -2.46. The minimum absolute atomic E-state index is 0.0306. The summed E-state index contributed by atoms with van der Waals surface area (Å²) in [6, 6.07) is 2.06. The Morgan fingerprint density at radius 1 is 1.57 bits per heavy atom. The lowest BCUT2D eigenvalue weighted by atomic mass is 9.58. The molecule has 3 aliphatic carbocycles. The molecule has 5 rings (SSSR count). The van der Waals surface area contributed by atoms with Crippen LogP contribution in [0.5, 0.6) is 0 Å². The van der Waals surface area contributed by atoms with Gasteiger partial charge in [-0.05, 0) is 31.2 Å². The van der Waals surface area contributed by atoms with Crippen LogP contribution in [0, 0.1) is 11.8 Å². The van der Waals surface area contributed by atoms with Crippen molar-refractivity contribution in [3.8, 4) is 0 Å². The fourth-order valence-electron chi connectivity index (χ4n) is 4.57. The molecule has 3 saturated carbocycles. The molecule has 1 N–H and O–H groups in total. The lowest BCUT2D eigenvalue weighted by molar-refractivity contribution is -0.127. The van der Waals surface area contributed by atoms with Crippen molar-refractivity contribution >= 4 is 11.6 Å². The number of aryl methyl sites for hydroxylation is 1. The van der Waals surface area contributed by atoms with Gasteiger partial charge in [-0.1, -0.05) is 6.08 Å². The van der Waals surface area contributed by atoms with Crippen molar-refractivity contribution in [1.82, 2.24) is 19.6 Å². The van der Waals surface area contributed by atoms with Gasteiger partial charge < -0.3 is 5.32 Å². The van der Waals surface area contributed by atoms with E-state index in [-0.39, 0.29) is 17.2 Å². The van der Waals surface area contributed by atoms with Crippen molar-refractivity contribution in [2.45, 2.75) is 31.2 Å². The first kappa shape index (κ1) is 14.2. The highest BCUT2D eigenvalue weighted by atomic mass is 16.2. The van der Waals surface area contributed by atoms with Gasteiger partial charge in [-0.25, -0.2) is 0 Å². The van der Waals surface area contributed by atoms with Crippen LogP contribution < -0.4 is 5.32 Å². The van der Waals surface area contributed by atoms with Gasteiger partial charge in [0, 0.05) is 30.6 Å². The lowest BCUT2D eigenvalue weighted by Crippen LogP contribution is -2.51. The monoisotopic (exact) mass is 311 g/mol. The Bertz CT molecular complexity index is 757. The molecule has 0 aliphatic heterocycles. The van der Waals surface area contributed by atoms with E-state index < -0.39 is 0 Å². The third-order valence-electron chi connectivity index (χ3n) is 5.48. The van der Waals surface area contributed by atoms with Crippen LogP contribution >= 0.6 is 0 Å². The molecule has 1 amide bonds. The molecule has 2 heterocycles. The number of allylic oxidation sites excluding steroid dienone is 1. The van der Waals surface area contributed by atoms with Crippen LogP contribution in [-0.4, -0.2) is 25.5 Å². The van der Waals surface area contributed by atoms with Crippen molar-refractivity contribution in [2.75, 3.05) is 5.32 Å². The van der Waals surface area contributed by atoms with Crippen molar-refractivity contribution < 1.29 is 4.79 Å². The molecule has 3 unspecified atom stereocenters. The number of carbonyl (C=O) groups excluding carboxylic acids is 1. The predicted octanol–water partition coefficient (Wildman–Crippen LogP) is 2.11. The number of nitrogens with one attached hydrogen (secondary N) is 1. The normalized spacial score (nSPS) is 28.4. The fourth-order valence-corrected chi connectivity index (χ4v) is 4.57. The Labute approximate surface area is 135 Å². The second-order valence-corrected chi connectivity index (χ2v) is 6.71. The number of fused-ring (bicyclic) bond motifs is 1. The molecular formula is C17H21N5O. The van der Waals surface area contributed by atoms with Crippen LogP contribution in [0.15, 0.2) is 37.3 Å². The number of hydrogen-bond acceptors (Lipinski definition) is 3. The number of carbonyl (C=O) groups is 1. The van der Waals surface area contributed by atoms with Gasteiger partial charge in [0.2, 0.25) is 5.91 Å². The van der Waals surface area contributed by atoms with Crippen molar-refractivity contribution in [2.24, 2.45) is 18.9 Å². The summed E-state index contributed by atoms with van der Waals surface area (Å²) in [7, 11) is 1.96. The Morgan fingerprint density at radius 3 is 3.13 bits per heavy atom. The molecule has 2 aromatic heterocycles. The van der Waals surface area contributed by atoms with Gasteiger partial charge in [-0.3, -0.25) is 14.2 Å². The molecule has 120 valence electrons. The first-order valence-electron chi connectivity index (χ1n) is 8.07. The summed E-state index contributed by atoms with van der Waals surface area (Å²) in [6.07, 6.45) is 10.4. The molecule has 23 heavy (non-hydrogen) atoms. The van der Waals surface area contributed by atoms with Gasteiger partial charge in [0.1, 0.15) is 0 Å². The average Bonchev–Trinajstić information content (AvgIpc) is 3.22. The maximum atomic E-state index is 12.8. The molecule has 2 bridgehead atoms. The van der Waals surface area contributed by atoms with E-state index in [9.17, 15) is 4.79 Å². The summed E-state index contributed by atoms with van der Waals surface area (Å²) < 4.78 is 3.68. The molecule has 6 nitrogen and oxygen atoms in total. The van der Waals surface area contributed by atoms with Gasteiger partial charge in [0.05, 0.1) is 24.3 Å². The van der Waals surface area contributed by atoms with E-state index in [0.717, 1.165) is 24.9 Å². The molecule has 0 aromatic carbocycles.